The van der Waals surface area contributed by atoms with E-state index < -0.39 is 0 Å². The molecule has 0 aliphatic carbocycles. The van der Waals surface area contributed by atoms with Crippen molar-refractivity contribution in [1.29, 1.82) is 0 Å². The third-order valence-corrected chi connectivity index (χ3v) is 6.16. The standard InChI is InChI=1S/C25H31N3O2/c1-27(17-18-28-15-5-6-16-28)24(29)14-13-22-21-7-3-4-8-23(21)26-25(22)19-9-11-20(30-2)12-10-19/h3-4,7-12,26H,5-6,13-18H2,1-2H3. The molecule has 30 heavy (non-hydrogen) atoms. The molecule has 0 atom stereocenters. The molecule has 1 aliphatic heterocycles. The third kappa shape index (κ3) is 4.51. The van der Waals surface area contributed by atoms with Crippen LogP contribution in [0.1, 0.15) is 24.8 Å². The molecule has 0 spiro atoms. The van der Waals surface area contributed by atoms with E-state index in [9.17, 15) is 4.79 Å². The highest BCUT2D eigenvalue weighted by Crippen LogP contribution is 2.32. The van der Waals surface area contributed by atoms with Gasteiger partial charge >= 0.3 is 0 Å². The summed E-state index contributed by atoms with van der Waals surface area (Å²) in [6, 6.07) is 16.4. The van der Waals surface area contributed by atoms with E-state index in [0.29, 0.717) is 6.42 Å². The fraction of sp³-hybridized carbons (Fsp3) is 0.400. The van der Waals surface area contributed by atoms with E-state index in [-0.39, 0.29) is 5.91 Å². The van der Waals surface area contributed by atoms with Gasteiger partial charge in [0.05, 0.1) is 7.11 Å². The lowest BCUT2D eigenvalue weighted by molar-refractivity contribution is -0.130. The Morgan fingerprint density at radius 1 is 1.10 bits per heavy atom. The number of amides is 1. The molecule has 3 aromatic rings. The number of aromatic nitrogens is 1. The van der Waals surface area contributed by atoms with Gasteiger partial charge in [-0.1, -0.05) is 18.2 Å². The van der Waals surface area contributed by atoms with Gasteiger partial charge in [0.25, 0.3) is 0 Å². The summed E-state index contributed by atoms with van der Waals surface area (Å²) in [6.45, 7) is 4.12. The number of aryl methyl sites for hydroxylation is 1. The van der Waals surface area contributed by atoms with E-state index in [1.807, 2.05) is 30.1 Å². The Kier molecular flexibility index (Phi) is 6.38. The average molecular weight is 406 g/mol. The Labute approximate surface area is 178 Å². The van der Waals surface area contributed by atoms with E-state index in [1.54, 1.807) is 7.11 Å². The number of nitrogens with one attached hydrogen (secondary N) is 1. The molecule has 0 unspecified atom stereocenters. The number of nitrogens with zero attached hydrogens (tertiary/aromatic N) is 2. The summed E-state index contributed by atoms with van der Waals surface area (Å²) in [5.41, 5.74) is 4.51. The second-order valence-electron chi connectivity index (χ2n) is 8.12. The summed E-state index contributed by atoms with van der Waals surface area (Å²) < 4.78 is 5.30. The van der Waals surface area contributed by atoms with Crippen LogP contribution >= 0.6 is 0 Å². The zero-order valence-corrected chi connectivity index (χ0v) is 18.0. The molecule has 2 heterocycles. The second kappa shape index (κ2) is 9.35. The summed E-state index contributed by atoms with van der Waals surface area (Å²) in [4.78, 5) is 20.7. The van der Waals surface area contributed by atoms with Crippen molar-refractivity contribution in [3.05, 3.63) is 54.1 Å². The maximum Gasteiger partial charge on any atom is 0.222 e. The van der Waals surface area contributed by atoms with Crippen molar-refractivity contribution in [3.8, 4) is 17.0 Å². The first-order valence-electron chi connectivity index (χ1n) is 10.9. The van der Waals surface area contributed by atoms with Crippen LogP contribution in [0.15, 0.2) is 48.5 Å². The van der Waals surface area contributed by atoms with Gasteiger partial charge in [-0.2, -0.15) is 0 Å². The largest absolute Gasteiger partial charge is 0.497 e. The Morgan fingerprint density at radius 3 is 2.57 bits per heavy atom. The van der Waals surface area contributed by atoms with Crippen LogP contribution in [0, 0.1) is 0 Å². The number of fused-ring (bicyclic) bond motifs is 1. The Morgan fingerprint density at radius 2 is 1.83 bits per heavy atom. The molecule has 5 heteroatoms. The van der Waals surface area contributed by atoms with Crippen molar-refractivity contribution in [2.24, 2.45) is 0 Å². The van der Waals surface area contributed by atoms with Gasteiger partial charge in [0.1, 0.15) is 5.75 Å². The van der Waals surface area contributed by atoms with Crippen LogP contribution in [0.4, 0.5) is 0 Å². The maximum atomic E-state index is 12.8. The summed E-state index contributed by atoms with van der Waals surface area (Å²) >= 11 is 0. The normalized spacial score (nSPS) is 14.3. The number of ether oxygens (including phenoxy) is 1. The van der Waals surface area contributed by atoms with Crippen molar-refractivity contribution in [1.82, 2.24) is 14.8 Å². The van der Waals surface area contributed by atoms with Gasteiger partial charge < -0.3 is 19.5 Å². The van der Waals surface area contributed by atoms with Gasteiger partial charge in [-0.05, 0) is 73.8 Å². The molecule has 1 N–H and O–H groups in total. The molecule has 1 saturated heterocycles. The highest BCUT2D eigenvalue weighted by molar-refractivity contribution is 5.91. The molecule has 4 rings (SSSR count). The summed E-state index contributed by atoms with van der Waals surface area (Å²) in [7, 11) is 3.60. The highest BCUT2D eigenvalue weighted by Gasteiger charge is 2.17. The van der Waals surface area contributed by atoms with Gasteiger partial charge in [0.2, 0.25) is 5.91 Å². The molecule has 2 aromatic carbocycles. The highest BCUT2D eigenvalue weighted by atomic mass is 16.5. The van der Waals surface area contributed by atoms with Crippen molar-refractivity contribution < 1.29 is 9.53 Å². The first-order chi connectivity index (χ1) is 14.7. The zero-order valence-electron chi connectivity index (χ0n) is 18.0. The van der Waals surface area contributed by atoms with Crippen molar-refractivity contribution >= 4 is 16.8 Å². The minimum atomic E-state index is 0.208. The number of carbonyl (C=O) groups excluding carboxylic acids is 1. The molecule has 1 aliphatic rings. The number of aromatic amines is 1. The molecule has 0 radical (unpaired) electrons. The van der Waals surface area contributed by atoms with Crippen molar-refractivity contribution in [2.45, 2.75) is 25.7 Å². The number of rotatable bonds is 8. The number of H-pyrrole nitrogens is 1. The molecule has 158 valence electrons. The van der Waals surface area contributed by atoms with E-state index in [1.165, 1.54) is 36.9 Å². The van der Waals surface area contributed by atoms with Crippen molar-refractivity contribution in [2.75, 3.05) is 40.3 Å². The van der Waals surface area contributed by atoms with Crippen LogP contribution < -0.4 is 4.74 Å². The molecule has 0 bridgehead atoms. The Balaban J connectivity index is 1.49. The second-order valence-corrected chi connectivity index (χ2v) is 8.12. The first kappa shape index (κ1) is 20.5. The van der Waals surface area contributed by atoms with Crippen LogP contribution in [0.5, 0.6) is 5.75 Å². The van der Waals surface area contributed by atoms with E-state index in [2.05, 4.69) is 40.2 Å². The Hall–Kier alpha value is -2.79. The van der Waals surface area contributed by atoms with Gasteiger partial charge in [-0.25, -0.2) is 0 Å². The Bertz CT molecular complexity index is 987. The van der Waals surface area contributed by atoms with E-state index >= 15 is 0 Å². The summed E-state index contributed by atoms with van der Waals surface area (Å²) in [6.07, 6.45) is 3.80. The van der Waals surface area contributed by atoms with Crippen LogP contribution in [0.2, 0.25) is 0 Å². The van der Waals surface area contributed by atoms with Crippen LogP contribution in [-0.2, 0) is 11.2 Å². The summed E-state index contributed by atoms with van der Waals surface area (Å²) in [5, 5.41) is 1.19. The number of benzene rings is 2. The van der Waals surface area contributed by atoms with E-state index in [0.717, 1.165) is 42.0 Å². The SMILES string of the molecule is COc1ccc(-c2[nH]c3ccccc3c2CCC(=O)N(C)CCN2CCCC2)cc1. The monoisotopic (exact) mass is 405 g/mol. The number of hydrogen-bond acceptors (Lipinski definition) is 3. The number of likely N-dealkylation sites (tertiary alicyclic amines) is 1. The topological polar surface area (TPSA) is 48.6 Å². The molecular weight excluding hydrogens is 374 g/mol. The van der Waals surface area contributed by atoms with Gasteiger partial charge in [-0.15, -0.1) is 0 Å². The number of likely N-dealkylation sites (N-methyl/N-ethyl adjacent to an activating group) is 1. The number of hydrogen-bond donors (Lipinski definition) is 1. The number of carbonyl (C=O) groups is 1. The molecule has 1 fully saturated rings. The first-order valence-corrected chi connectivity index (χ1v) is 10.9. The quantitative estimate of drug-likeness (QED) is 0.607. The van der Waals surface area contributed by atoms with Crippen LogP contribution in [-0.4, -0.2) is 61.0 Å². The maximum absolute atomic E-state index is 12.8. The average Bonchev–Trinajstić information content (AvgIpc) is 3.43. The minimum Gasteiger partial charge on any atom is -0.497 e. The van der Waals surface area contributed by atoms with Crippen LogP contribution in [0.25, 0.3) is 22.2 Å². The summed E-state index contributed by atoms with van der Waals surface area (Å²) in [5.74, 6) is 1.05. The van der Waals surface area contributed by atoms with Gasteiger partial charge in [-0.3, -0.25) is 4.79 Å². The molecule has 0 saturated carbocycles. The number of para-hydroxylation sites is 1. The molecule has 1 amide bonds. The van der Waals surface area contributed by atoms with Crippen LogP contribution in [0.3, 0.4) is 0 Å². The molecular formula is C25H31N3O2. The molecule has 1 aromatic heterocycles. The third-order valence-electron chi connectivity index (χ3n) is 6.16. The zero-order chi connectivity index (χ0) is 20.9. The smallest absolute Gasteiger partial charge is 0.222 e. The predicted octanol–water partition coefficient (Wildman–Crippen LogP) is 4.33. The van der Waals surface area contributed by atoms with E-state index in [4.69, 9.17) is 4.74 Å². The number of methoxy groups -OCH3 is 1. The van der Waals surface area contributed by atoms with Gasteiger partial charge in [0.15, 0.2) is 0 Å². The lowest BCUT2D eigenvalue weighted by Crippen LogP contribution is -2.35. The van der Waals surface area contributed by atoms with Gasteiger partial charge in [0, 0.05) is 43.2 Å². The molecule has 5 nitrogen and oxygen atoms in total. The fourth-order valence-electron chi connectivity index (χ4n) is 4.31. The lowest BCUT2D eigenvalue weighted by Gasteiger charge is -2.21. The minimum absolute atomic E-state index is 0.208. The fourth-order valence-corrected chi connectivity index (χ4v) is 4.31. The van der Waals surface area contributed by atoms with Crippen molar-refractivity contribution in [3.63, 3.8) is 0 Å². The lowest BCUT2D eigenvalue weighted by atomic mass is 10.0. The predicted molar refractivity (Wildman–Crippen MR) is 122 cm³/mol.